The van der Waals surface area contributed by atoms with Gasteiger partial charge in [-0.1, -0.05) is 35.9 Å². The highest BCUT2D eigenvalue weighted by molar-refractivity contribution is 6.09. The van der Waals surface area contributed by atoms with Gasteiger partial charge >= 0.3 is 0 Å². The highest BCUT2D eigenvalue weighted by Gasteiger charge is 2.12. The zero-order chi connectivity index (χ0) is 23.6. The van der Waals surface area contributed by atoms with E-state index in [9.17, 15) is 10.1 Å². The summed E-state index contributed by atoms with van der Waals surface area (Å²) in [6.45, 7) is 4.78. The number of carbonyl (C=O) groups is 1. The number of anilines is 1. The van der Waals surface area contributed by atoms with Crippen molar-refractivity contribution in [3.05, 3.63) is 89.0 Å². The molecule has 0 bridgehead atoms. The van der Waals surface area contributed by atoms with Crippen molar-refractivity contribution in [2.75, 3.05) is 19.0 Å². The Balaban J connectivity index is 1.75. The van der Waals surface area contributed by atoms with E-state index in [2.05, 4.69) is 5.32 Å². The second-order valence-electron chi connectivity index (χ2n) is 7.27. The molecule has 0 spiro atoms. The van der Waals surface area contributed by atoms with Crippen molar-refractivity contribution in [1.82, 2.24) is 0 Å². The van der Waals surface area contributed by atoms with Crippen LogP contribution < -0.4 is 19.5 Å². The molecule has 3 rings (SSSR count). The van der Waals surface area contributed by atoms with Crippen LogP contribution in [-0.4, -0.2) is 19.6 Å². The molecule has 3 aromatic rings. The first-order chi connectivity index (χ1) is 16.0. The maximum absolute atomic E-state index is 12.6. The van der Waals surface area contributed by atoms with E-state index in [1.807, 2.05) is 44.2 Å². The number of nitrogens with one attached hydrogen (secondary N) is 1. The van der Waals surface area contributed by atoms with Gasteiger partial charge in [0.25, 0.3) is 5.91 Å². The van der Waals surface area contributed by atoms with Crippen molar-refractivity contribution >= 4 is 17.7 Å². The number of hydrogen-bond donors (Lipinski definition) is 1. The Kier molecular flexibility index (Phi) is 8.09. The van der Waals surface area contributed by atoms with E-state index in [4.69, 9.17) is 14.2 Å². The normalized spacial score (nSPS) is 10.8. The van der Waals surface area contributed by atoms with Gasteiger partial charge in [0.05, 0.1) is 13.7 Å². The maximum atomic E-state index is 12.6. The highest BCUT2D eigenvalue weighted by atomic mass is 16.5. The number of ether oxygens (including phenoxy) is 3. The topological polar surface area (TPSA) is 80.6 Å². The third kappa shape index (κ3) is 6.62. The molecule has 0 fully saturated rings. The predicted octanol–water partition coefficient (Wildman–Crippen LogP) is 5.53. The summed E-state index contributed by atoms with van der Waals surface area (Å²) in [7, 11) is 1.57. The fourth-order valence-corrected chi connectivity index (χ4v) is 3.04. The minimum absolute atomic E-state index is 0.0263. The second kappa shape index (κ2) is 11.4. The van der Waals surface area contributed by atoms with Crippen LogP contribution in [0.4, 0.5) is 5.69 Å². The number of carbonyl (C=O) groups excluding carboxylic acids is 1. The van der Waals surface area contributed by atoms with E-state index in [1.165, 1.54) is 11.6 Å². The molecule has 0 heterocycles. The van der Waals surface area contributed by atoms with Gasteiger partial charge in [-0.05, 0) is 67.4 Å². The van der Waals surface area contributed by atoms with E-state index in [0.29, 0.717) is 41.7 Å². The lowest BCUT2D eigenvalue weighted by molar-refractivity contribution is -0.112. The van der Waals surface area contributed by atoms with Gasteiger partial charge in [0.1, 0.15) is 24.0 Å². The summed E-state index contributed by atoms with van der Waals surface area (Å²) in [5.74, 6) is 1.32. The molecule has 0 atom stereocenters. The summed E-state index contributed by atoms with van der Waals surface area (Å²) in [6, 6.07) is 22.3. The van der Waals surface area contributed by atoms with Crippen LogP contribution >= 0.6 is 0 Å². The number of nitrogens with zero attached hydrogens (tertiary/aromatic N) is 1. The van der Waals surface area contributed by atoms with Crippen molar-refractivity contribution in [2.45, 2.75) is 20.5 Å². The molecule has 6 heteroatoms. The van der Waals surface area contributed by atoms with Crippen LogP contribution in [0.5, 0.6) is 17.2 Å². The standard InChI is InChI=1S/C27H26N2O4/c1-4-32-26-16-21(9-14-25(26)33-18-20-7-5-19(2)6-8-20)15-22(17-28)27(30)29-23-10-12-24(31-3)13-11-23/h5-16H,4,18H2,1-3H3,(H,29,30)/b22-15-. The first-order valence-corrected chi connectivity index (χ1v) is 10.5. The minimum Gasteiger partial charge on any atom is -0.497 e. The van der Waals surface area contributed by atoms with E-state index in [-0.39, 0.29) is 5.57 Å². The Morgan fingerprint density at radius 1 is 1.00 bits per heavy atom. The minimum atomic E-state index is -0.500. The third-order valence-electron chi connectivity index (χ3n) is 4.81. The number of hydrogen-bond acceptors (Lipinski definition) is 5. The zero-order valence-corrected chi connectivity index (χ0v) is 18.9. The van der Waals surface area contributed by atoms with E-state index < -0.39 is 5.91 Å². The molecule has 168 valence electrons. The van der Waals surface area contributed by atoms with E-state index >= 15 is 0 Å². The van der Waals surface area contributed by atoms with Gasteiger partial charge in [-0.15, -0.1) is 0 Å². The number of nitriles is 1. The van der Waals surface area contributed by atoms with Crippen molar-refractivity contribution < 1.29 is 19.0 Å². The summed E-state index contributed by atoms with van der Waals surface area (Å²) < 4.78 is 16.8. The van der Waals surface area contributed by atoms with E-state index in [1.54, 1.807) is 49.6 Å². The molecule has 0 unspecified atom stereocenters. The molecular formula is C27H26N2O4. The number of methoxy groups -OCH3 is 1. The lowest BCUT2D eigenvalue weighted by atomic mass is 10.1. The van der Waals surface area contributed by atoms with Gasteiger partial charge in [0.2, 0.25) is 0 Å². The van der Waals surface area contributed by atoms with Crippen LogP contribution in [0.1, 0.15) is 23.6 Å². The van der Waals surface area contributed by atoms with Gasteiger partial charge in [0, 0.05) is 5.69 Å². The van der Waals surface area contributed by atoms with Crippen LogP contribution in [0.25, 0.3) is 6.08 Å². The summed E-state index contributed by atoms with van der Waals surface area (Å²) >= 11 is 0. The summed E-state index contributed by atoms with van der Waals surface area (Å²) in [5.41, 5.74) is 3.43. The van der Waals surface area contributed by atoms with Gasteiger partial charge in [-0.25, -0.2) is 0 Å². The fourth-order valence-electron chi connectivity index (χ4n) is 3.04. The molecule has 0 saturated carbocycles. The Morgan fingerprint density at radius 3 is 2.36 bits per heavy atom. The van der Waals surface area contributed by atoms with Crippen LogP contribution in [-0.2, 0) is 11.4 Å². The van der Waals surface area contributed by atoms with Gasteiger partial charge in [-0.2, -0.15) is 5.26 Å². The molecule has 6 nitrogen and oxygen atoms in total. The lowest BCUT2D eigenvalue weighted by Gasteiger charge is -2.13. The Morgan fingerprint density at radius 2 is 1.73 bits per heavy atom. The SMILES string of the molecule is CCOc1cc(/C=C(/C#N)C(=O)Nc2ccc(OC)cc2)ccc1OCc1ccc(C)cc1. The van der Waals surface area contributed by atoms with Crippen molar-refractivity contribution in [1.29, 1.82) is 5.26 Å². The van der Waals surface area contributed by atoms with Crippen molar-refractivity contribution in [2.24, 2.45) is 0 Å². The molecular weight excluding hydrogens is 416 g/mol. The maximum Gasteiger partial charge on any atom is 0.266 e. The highest BCUT2D eigenvalue weighted by Crippen LogP contribution is 2.30. The quantitative estimate of drug-likeness (QED) is 0.348. The Hall–Kier alpha value is -4.24. The second-order valence-corrected chi connectivity index (χ2v) is 7.27. The fraction of sp³-hybridized carbons (Fsp3) is 0.185. The Bertz CT molecular complexity index is 1160. The van der Waals surface area contributed by atoms with Crippen LogP contribution in [0, 0.1) is 18.3 Å². The summed E-state index contributed by atoms with van der Waals surface area (Å²) in [6.07, 6.45) is 1.52. The van der Waals surface area contributed by atoms with Gasteiger partial charge < -0.3 is 19.5 Å². The molecule has 0 saturated heterocycles. The largest absolute Gasteiger partial charge is 0.497 e. The molecule has 0 radical (unpaired) electrons. The molecule has 1 amide bonds. The van der Waals surface area contributed by atoms with Crippen LogP contribution in [0.3, 0.4) is 0 Å². The summed E-state index contributed by atoms with van der Waals surface area (Å²) in [5, 5.41) is 12.2. The van der Waals surface area contributed by atoms with Crippen molar-refractivity contribution in [3.63, 3.8) is 0 Å². The predicted molar refractivity (Wildman–Crippen MR) is 128 cm³/mol. The molecule has 0 aliphatic carbocycles. The van der Waals surface area contributed by atoms with Crippen molar-refractivity contribution in [3.8, 4) is 23.3 Å². The summed E-state index contributed by atoms with van der Waals surface area (Å²) in [4.78, 5) is 12.6. The van der Waals surface area contributed by atoms with E-state index in [0.717, 1.165) is 5.56 Å². The average molecular weight is 443 g/mol. The first kappa shape index (κ1) is 23.4. The monoisotopic (exact) mass is 442 g/mol. The molecule has 0 aliphatic rings. The number of rotatable bonds is 9. The molecule has 0 aromatic heterocycles. The molecule has 3 aromatic carbocycles. The third-order valence-corrected chi connectivity index (χ3v) is 4.81. The molecule has 0 aliphatic heterocycles. The van der Waals surface area contributed by atoms with Gasteiger partial charge in [0.15, 0.2) is 11.5 Å². The van der Waals surface area contributed by atoms with Gasteiger partial charge in [-0.3, -0.25) is 4.79 Å². The smallest absolute Gasteiger partial charge is 0.266 e. The number of amides is 1. The number of aryl methyl sites for hydroxylation is 1. The first-order valence-electron chi connectivity index (χ1n) is 10.5. The lowest BCUT2D eigenvalue weighted by Crippen LogP contribution is -2.13. The Labute approximate surface area is 194 Å². The molecule has 1 N–H and O–H groups in total. The molecule has 33 heavy (non-hydrogen) atoms. The average Bonchev–Trinajstić information content (AvgIpc) is 2.83. The zero-order valence-electron chi connectivity index (χ0n) is 18.9. The van der Waals surface area contributed by atoms with Crippen LogP contribution in [0.15, 0.2) is 72.3 Å². The van der Waals surface area contributed by atoms with Crippen LogP contribution in [0.2, 0.25) is 0 Å². The number of benzene rings is 3.